The Labute approximate surface area is 140 Å². The second-order valence-electron chi connectivity index (χ2n) is 5.04. The minimum Gasteiger partial charge on any atom is -0.312 e. The van der Waals surface area contributed by atoms with Crippen LogP contribution in [0.1, 0.15) is 24.6 Å². The smallest absolute Gasteiger partial charge is 0.242 e. The first-order chi connectivity index (χ1) is 9.86. The number of nitrogens with one attached hydrogen (secondary N) is 2. The van der Waals surface area contributed by atoms with Crippen LogP contribution in [0, 0.1) is 0 Å². The quantitative estimate of drug-likeness (QED) is 0.594. The van der Waals surface area contributed by atoms with E-state index in [-0.39, 0.29) is 0 Å². The van der Waals surface area contributed by atoms with Crippen LogP contribution in [-0.4, -0.2) is 47.0 Å². The molecule has 122 valence electrons. The van der Waals surface area contributed by atoms with Gasteiger partial charge in [0, 0.05) is 18.0 Å². The average Bonchev–Trinajstić information content (AvgIpc) is 2.77. The van der Waals surface area contributed by atoms with Crippen LogP contribution in [0.3, 0.4) is 0 Å². The van der Waals surface area contributed by atoms with Gasteiger partial charge >= 0.3 is 0 Å². The Morgan fingerprint density at radius 1 is 1.33 bits per heavy atom. The number of rotatable bonds is 10. The van der Waals surface area contributed by atoms with Crippen LogP contribution >= 0.6 is 27.3 Å². The van der Waals surface area contributed by atoms with Crippen molar-refractivity contribution in [2.45, 2.75) is 31.2 Å². The summed E-state index contributed by atoms with van der Waals surface area (Å²) in [5.41, 5.74) is 0. The van der Waals surface area contributed by atoms with Gasteiger partial charge in [0.1, 0.15) is 4.90 Å². The lowest BCUT2D eigenvalue weighted by atomic mass is 10.3. The molecule has 0 saturated carbocycles. The van der Waals surface area contributed by atoms with Gasteiger partial charge in [0.15, 0.2) is 0 Å². The molecule has 8 heteroatoms. The average molecular weight is 398 g/mol. The molecule has 0 aliphatic carbocycles. The molecule has 21 heavy (non-hydrogen) atoms. The van der Waals surface area contributed by atoms with Crippen LogP contribution in [0.2, 0.25) is 0 Å². The maximum Gasteiger partial charge on any atom is 0.242 e. The van der Waals surface area contributed by atoms with Crippen molar-refractivity contribution in [1.82, 2.24) is 14.9 Å². The fourth-order valence-electron chi connectivity index (χ4n) is 1.75. The fraction of sp³-hybridized carbons (Fsp3) is 0.692. The molecule has 0 bridgehead atoms. The summed E-state index contributed by atoms with van der Waals surface area (Å²) in [4.78, 5) is 3.45. The maximum absolute atomic E-state index is 12.3. The predicted molar refractivity (Wildman–Crippen MR) is 92.4 cm³/mol. The van der Waals surface area contributed by atoms with Crippen molar-refractivity contribution in [3.63, 3.8) is 0 Å². The molecule has 0 unspecified atom stereocenters. The molecule has 0 amide bonds. The summed E-state index contributed by atoms with van der Waals surface area (Å²) in [7, 11) is 0.601. The molecule has 1 rings (SSSR count). The Kier molecular flexibility index (Phi) is 8.36. The zero-order valence-corrected chi connectivity index (χ0v) is 16.0. The van der Waals surface area contributed by atoms with Crippen molar-refractivity contribution in [3.8, 4) is 0 Å². The molecular weight excluding hydrogens is 374 g/mol. The van der Waals surface area contributed by atoms with Crippen molar-refractivity contribution in [1.29, 1.82) is 0 Å². The Balaban J connectivity index is 2.55. The molecule has 0 aromatic carbocycles. The van der Waals surface area contributed by atoms with E-state index in [9.17, 15) is 8.42 Å². The Morgan fingerprint density at radius 2 is 2.05 bits per heavy atom. The van der Waals surface area contributed by atoms with Crippen molar-refractivity contribution < 1.29 is 8.42 Å². The van der Waals surface area contributed by atoms with Crippen LogP contribution in [-0.2, 0) is 16.6 Å². The lowest BCUT2D eigenvalue weighted by Crippen LogP contribution is -2.25. The van der Waals surface area contributed by atoms with Crippen LogP contribution in [0.25, 0.3) is 0 Å². The number of thiophene rings is 1. The summed E-state index contributed by atoms with van der Waals surface area (Å²) in [6.45, 7) is 5.02. The summed E-state index contributed by atoms with van der Waals surface area (Å²) in [5.74, 6) is 0. The van der Waals surface area contributed by atoms with Gasteiger partial charge in [-0.25, -0.2) is 13.1 Å². The number of halogens is 1. The number of hydrogen-bond donors (Lipinski definition) is 2. The van der Waals surface area contributed by atoms with Gasteiger partial charge in [0.05, 0.1) is 3.79 Å². The largest absolute Gasteiger partial charge is 0.312 e. The normalized spacial score (nSPS) is 12.2. The van der Waals surface area contributed by atoms with E-state index in [1.165, 1.54) is 11.3 Å². The van der Waals surface area contributed by atoms with E-state index in [1.54, 1.807) is 6.07 Å². The van der Waals surface area contributed by atoms with Crippen LogP contribution in [0.15, 0.2) is 14.7 Å². The van der Waals surface area contributed by atoms with Gasteiger partial charge in [-0.3, -0.25) is 0 Å². The third-order valence-electron chi connectivity index (χ3n) is 2.87. The van der Waals surface area contributed by atoms with E-state index in [4.69, 9.17) is 0 Å². The van der Waals surface area contributed by atoms with Crippen LogP contribution in [0.4, 0.5) is 0 Å². The molecular formula is C13H24BrN3O2S2. The number of unbranched alkanes of at least 4 members (excludes halogenated alkanes) is 1. The third kappa shape index (κ3) is 6.75. The SMILES string of the molecule is CCNCc1cc(S(=O)(=O)NCCCCN(C)C)c(Br)s1. The standard InChI is InChI=1S/C13H24BrN3O2S2/c1-4-15-10-11-9-12(13(14)20-11)21(18,19)16-7-5-6-8-17(2)3/h9,15-16H,4-8,10H2,1-3H3. The molecule has 1 aromatic heterocycles. The highest BCUT2D eigenvalue weighted by atomic mass is 79.9. The Morgan fingerprint density at radius 3 is 2.67 bits per heavy atom. The van der Waals surface area contributed by atoms with Crippen molar-refractivity contribution in [3.05, 3.63) is 14.7 Å². The number of nitrogens with zero attached hydrogens (tertiary/aromatic N) is 1. The molecule has 0 aliphatic heterocycles. The van der Waals surface area contributed by atoms with Crippen molar-refractivity contribution in [2.75, 3.05) is 33.7 Å². The van der Waals surface area contributed by atoms with Gasteiger partial charge < -0.3 is 10.2 Å². The van der Waals surface area contributed by atoms with Gasteiger partial charge in [-0.15, -0.1) is 11.3 Å². The summed E-state index contributed by atoms with van der Waals surface area (Å²) in [5, 5.41) is 3.20. The van der Waals surface area contributed by atoms with Gasteiger partial charge in [-0.1, -0.05) is 6.92 Å². The maximum atomic E-state index is 12.3. The Hall–Kier alpha value is 0.01000. The molecule has 1 heterocycles. The molecule has 0 spiro atoms. The van der Waals surface area contributed by atoms with E-state index in [1.807, 2.05) is 21.0 Å². The Bertz CT molecular complexity index is 530. The van der Waals surface area contributed by atoms with E-state index in [0.29, 0.717) is 21.8 Å². The van der Waals surface area contributed by atoms with E-state index >= 15 is 0 Å². The number of hydrogen-bond acceptors (Lipinski definition) is 5. The zero-order valence-electron chi connectivity index (χ0n) is 12.8. The topological polar surface area (TPSA) is 61.4 Å². The molecule has 0 radical (unpaired) electrons. The molecule has 0 fully saturated rings. The summed E-state index contributed by atoms with van der Waals surface area (Å²) in [6.07, 6.45) is 1.81. The monoisotopic (exact) mass is 397 g/mol. The highest BCUT2D eigenvalue weighted by molar-refractivity contribution is 9.11. The first kappa shape index (κ1) is 19.1. The lowest BCUT2D eigenvalue weighted by Gasteiger charge is -2.09. The van der Waals surface area contributed by atoms with E-state index in [0.717, 1.165) is 30.8 Å². The second kappa shape index (κ2) is 9.22. The highest BCUT2D eigenvalue weighted by Crippen LogP contribution is 2.31. The minimum absolute atomic E-state index is 0.341. The molecule has 0 saturated heterocycles. The van der Waals surface area contributed by atoms with E-state index in [2.05, 4.69) is 30.9 Å². The summed E-state index contributed by atoms with van der Waals surface area (Å²) < 4.78 is 27.9. The van der Waals surface area contributed by atoms with Crippen LogP contribution < -0.4 is 10.0 Å². The summed E-state index contributed by atoms with van der Waals surface area (Å²) in [6, 6.07) is 1.74. The molecule has 0 aliphatic rings. The van der Waals surface area contributed by atoms with Gasteiger partial charge in [-0.05, 0) is 62.0 Å². The second-order valence-corrected chi connectivity index (χ2v) is 9.23. The molecule has 2 N–H and O–H groups in total. The van der Waals surface area contributed by atoms with E-state index < -0.39 is 10.0 Å². The lowest BCUT2D eigenvalue weighted by molar-refractivity contribution is 0.394. The number of sulfonamides is 1. The minimum atomic E-state index is -3.42. The van der Waals surface area contributed by atoms with Crippen LogP contribution in [0.5, 0.6) is 0 Å². The third-order valence-corrected chi connectivity index (χ3v) is 6.58. The highest BCUT2D eigenvalue weighted by Gasteiger charge is 2.20. The molecule has 0 atom stereocenters. The molecule has 1 aromatic rings. The zero-order chi connectivity index (χ0) is 15.9. The fourth-order valence-corrected chi connectivity index (χ4v) is 5.48. The first-order valence-corrected chi connectivity index (χ1v) is 10.1. The molecule has 5 nitrogen and oxygen atoms in total. The van der Waals surface area contributed by atoms with Gasteiger partial charge in [0.25, 0.3) is 0 Å². The first-order valence-electron chi connectivity index (χ1n) is 7.00. The van der Waals surface area contributed by atoms with Crippen molar-refractivity contribution in [2.24, 2.45) is 0 Å². The predicted octanol–water partition coefficient (Wildman–Crippen LogP) is 2.24. The van der Waals surface area contributed by atoms with Crippen molar-refractivity contribution >= 4 is 37.3 Å². The van der Waals surface area contributed by atoms with Gasteiger partial charge in [0.2, 0.25) is 10.0 Å². The van der Waals surface area contributed by atoms with Gasteiger partial charge in [-0.2, -0.15) is 0 Å². The summed E-state index contributed by atoms with van der Waals surface area (Å²) >= 11 is 4.81.